The van der Waals surface area contributed by atoms with Crippen molar-refractivity contribution < 1.29 is 0 Å². The third-order valence-corrected chi connectivity index (χ3v) is 4.86. The molecular formula is C18H30N2S. The second-order valence-electron chi connectivity index (χ2n) is 5.84. The van der Waals surface area contributed by atoms with Gasteiger partial charge in [-0.25, -0.2) is 0 Å². The van der Waals surface area contributed by atoms with Gasteiger partial charge in [0.25, 0.3) is 0 Å². The van der Waals surface area contributed by atoms with Crippen LogP contribution in [0.5, 0.6) is 0 Å². The zero-order chi connectivity index (χ0) is 15.9. The van der Waals surface area contributed by atoms with Gasteiger partial charge in [0.2, 0.25) is 0 Å². The molecule has 0 heterocycles. The molecule has 0 atom stereocenters. The second kappa shape index (κ2) is 8.62. The molecule has 0 saturated heterocycles. The first-order chi connectivity index (χ1) is 9.97. The summed E-state index contributed by atoms with van der Waals surface area (Å²) < 4.78 is 0. The summed E-state index contributed by atoms with van der Waals surface area (Å²) in [6.07, 6.45) is 5.54. The number of hydrogen-bond donors (Lipinski definition) is 1. The molecule has 0 amide bonds. The number of thioether (sulfide) groups is 1. The van der Waals surface area contributed by atoms with Crippen molar-refractivity contribution >= 4 is 17.3 Å². The largest absolute Gasteiger partial charge is 0.318 e. The lowest BCUT2D eigenvalue weighted by atomic mass is 9.86. The molecule has 0 fully saturated rings. The van der Waals surface area contributed by atoms with E-state index in [1.807, 2.05) is 7.05 Å². The van der Waals surface area contributed by atoms with E-state index >= 15 is 0 Å². The highest BCUT2D eigenvalue weighted by molar-refractivity contribution is 7.98. The maximum Gasteiger partial charge on any atom is 0.0404 e. The molecule has 0 aliphatic heterocycles. The van der Waals surface area contributed by atoms with Gasteiger partial charge in [0.15, 0.2) is 0 Å². The maximum atomic E-state index is 3.23. The van der Waals surface area contributed by atoms with Gasteiger partial charge in [-0.3, -0.25) is 4.90 Å². The van der Waals surface area contributed by atoms with Gasteiger partial charge in [0, 0.05) is 23.5 Å². The fourth-order valence-electron chi connectivity index (χ4n) is 2.46. The molecule has 0 radical (unpaired) electrons. The Kier molecular flexibility index (Phi) is 7.50. The predicted octanol–water partition coefficient (Wildman–Crippen LogP) is 4.13. The molecule has 1 rings (SSSR count). The summed E-state index contributed by atoms with van der Waals surface area (Å²) in [7, 11) is 4.21. The molecule has 0 aliphatic rings. The quantitative estimate of drug-likeness (QED) is 0.727. The Labute approximate surface area is 135 Å². The predicted molar refractivity (Wildman–Crippen MR) is 97.1 cm³/mol. The molecule has 0 spiro atoms. The number of likely N-dealkylation sites (N-methyl/N-ethyl adjacent to an activating group) is 2. The Morgan fingerprint density at radius 2 is 1.90 bits per heavy atom. The van der Waals surface area contributed by atoms with Crippen LogP contribution in [0.3, 0.4) is 0 Å². The number of nitrogens with one attached hydrogen (secondary N) is 1. The van der Waals surface area contributed by atoms with Crippen LogP contribution in [0.4, 0.5) is 0 Å². The number of allylic oxidation sites excluding steroid dienone is 1. The molecule has 118 valence electrons. The average Bonchev–Trinajstić information content (AvgIpc) is 2.50. The third kappa shape index (κ3) is 4.87. The highest BCUT2D eigenvalue weighted by atomic mass is 32.2. The topological polar surface area (TPSA) is 15.3 Å². The van der Waals surface area contributed by atoms with Crippen molar-refractivity contribution in [1.29, 1.82) is 0 Å². The van der Waals surface area contributed by atoms with Crippen LogP contribution in [-0.4, -0.2) is 43.9 Å². The zero-order valence-corrected chi connectivity index (χ0v) is 15.2. The average molecular weight is 307 g/mol. The molecule has 0 bridgehead atoms. The van der Waals surface area contributed by atoms with Crippen LogP contribution in [0.1, 0.15) is 32.8 Å². The first-order valence-corrected chi connectivity index (χ1v) is 8.90. The summed E-state index contributed by atoms with van der Waals surface area (Å²) in [4.78, 5) is 3.74. The van der Waals surface area contributed by atoms with Gasteiger partial charge in [-0.1, -0.05) is 25.1 Å². The van der Waals surface area contributed by atoms with Crippen molar-refractivity contribution in [3.63, 3.8) is 0 Å². The fraction of sp³-hybridized carbons (Fsp3) is 0.556. The molecule has 0 saturated carbocycles. The molecule has 1 aromatic rings. The molecule has 1 aromatic carbocycles. The smallest absolute Gasteiger partial charge is 0.0404 e. The zero-order valence-electron chi connectivity index (χ0n) is 14.4. The molecule has 2 nitrogen and oxygen atoms in total. The Morgan fingerprint density at radius 3 is 2.38 bits per heavy atom. The summed E-state index contributed by atoms with van der Waals surface area (Å²) >= 11 is 1.79. The monoisotopic (exact) mass is 306 g/mol. The van der Waals surface area contributed by atoms with Crippen molar-refractivity contribution in [3.8, 4) is 0 Å². The van der Waals surface area contributed by atoms with E-state index in [-0.39, 0.29) is 5.54 Å². The lowest BCUT2D eigenvalue weighted by molar-refractivity contribution is 0.215. The van der Waals surface area contributed by atoms with Gasteiger partial charge >= 0.3 is 0 Å². The number of rotatable bonds is 8. The molecule has 3 heteroatoms. The summed E-state index contributed by atoms with van der Waals surface area (Å²) in [5, 5.41) is 3.23. The van der Waals surface area contributed by atoms with Crippen LogP contribution in [0.15, 0.2) is 35.2 Å². The van der Waals surface area contributed by atoms with Crippen LogP contribution in [0.2, 0.25) is 0 Å². The summed E-state index contributed by atoms with van der Waals surface area (Å²) in [5.74, 6) is 0. The van der Waals surface area contributed by atoms with Gasteiger partial charge in [-0.05, 0) is 63.9 Å². The molecule has 0 aliphatic carbocycles. The second-order valence-corrected chi connectivity index (χ2v) is 6.72. The van der Waals surface area contributed by atoms with E-state index in [2.05, 4.69) is 74.6 Å². The fourth-order valence-corrected chi connectivity index (χ4v) is 2.87. The van der Waals surface area contributed by atoms with Crippen LogP contribution in [0, 0.1) is 0 Å². The summed E-state index contributed by atoms with van der Waals surface area (Å²) in [6.45, 7) is 8.87. The van der Waals surface area contributed by atoms with E-state index in [9.17, 15) is 0 Å². The van der Waals surface area contributed by atoms with Crippen molar-refractivity contribution in [2.75, 3.05) is 33.4 Å². The molecule has 0 aromatic heterocycles. The van der Waals surface area contributed by atoms with E-state index in [4.69, 9.17) is 0 Å². The Bertz CT molecular complexity index is 449. The van der Waals surface area contributed by atoms with Gasteiger partial charge in [-0.2, -0.15) is 0 Å². The standard InChI is InChI=1S/C18H30N2S/c1-7-8-17(15-9-11-16(21-6)12-10-15)18(2,3)20(5)14-13-19-4/h8-12,19H,7,13-14H2,1-6H3/b17-8+. The molecule has 1 N–H and O–H groups in total. The van der Waals surface area contributed by atoms with Crippen molar-refractivity contribution in [2.45, 2.75) is 37.6 Å². The van der Waals surface area contributed by atoms with Gasteiger partial charge < -0.3 is 5.32 Å². The molecule has 21 heavy (non-hydrogen) atoms. The van der Waals surface area contributed by atoms with E-state index in [1.165, 1.54) is 16.0 Å². The minimum atomic E-state index is 0.0216. The van der Waals surface area contributed by atoms with E-state index in [0.717, 1.165) is 19.5 Å². The first-order valence-electron chi connectivity index (χ1n) is 7.68. The third-order valence-electron chi connectivity index (χ3n) is 4.12. The van der Waals surface area contributed by atoms with E-state index in [0.29, 0.717) is 0 Å². The highest BCUT2D eigenvalue weighted by Crippen LogP contribution is 2.32. The van der Waals surface area contributed by atoms with Gasteiger partial charge in [-0.15, -0.1) is 11.8 Å². The molecular weight excluding hydrogens is 276 g/mol. The van der Waals surface area contributed by atoms with Gasteiger partial charge in [0.05, 0.1) is 0 Å². The van der Waals surface area contributed by atoms with Crippen LogP contribution in [-0.2, 0) is 0 Å². The molecule has 0 unspecified atom stereocenters. The SMILES string of the molecule is CC/C=C(\c1ccc(SC)cc1)C(C)(C)N(C)CCNC. The van der Waals surface area contributed by atoms with Crippen LogP contribution >= 0.6 is 11.8 Å². The summed E-state index contributed by atoms with van der Waals surface area (Å²) in [5.41, 5.74) is 2.76. The Hall–Kier alpha value is -0.770. The number of nitrogens with zero attached hydrogens (tertiary/aromatic N) is 1. The van der Waals surface area contributed by atoms with Crippen molar-refractivity contribution in [1.82, 2.24) is 10.2 Å². The van der Waals surface area contributed by atoms with Crippen molar-refractivity contribution in [2.24, 2.45) is 0 Å². The highest BCUT2D eigenvalue weighted by Gasteiger charge is 2.28. The minimum Gasteiger partial charge on any atom is -0.318 e. The summed E-state index contributed by atoms with van der Waals surface area (Å²) in [6, 6.07) is 8.93. The van der Waals surface area contributed by atoms with Crippen molar-refractivity contribution in [3.05, 3.63) is 35.9 Å². The number of hydrogen-bond acceptors (Lipinski definition) is 3. The lowest BCUT2D eigenvalue weighted by Crippen LogP contribution is -2.44. The Balaban J connectivity index is 3.06. The normalized spacial score (nSPS) is 13.0. The Morgan fingerprint density at radius 1 is 1.29 bits per heavy atom. The van der Waals surface area contributed by atoms with Crippen LogP contribution < -0.4 is 5.32 Å². The van der Waals surface area contributed by atoms with E-state index in [1.54, 1.807) is 11.8 Å². The number of benzene rings is 1. The van der Waals surface area contributed by atoms with Crippen LogP contribution in [0.25, 0.3) is 5.57 Å². The minimum absolute atomic E-state index is 0.0216. The van der Waals surface area contributed by atoms with Gasteiger partial charge in [0.1, 0.15) is 0 Å². The maximum absolute atomic E-state index is 3.23. The first kappa shape index (κ1) is 18.3. The lowest BCUT2D eigenvalue weighted by Gasteiger charge is -2.38. The van der Waals surface area contributed by atoms with E-state index < -0.39 is 0 Å².